The maximum absolute atomic E-state index is 5.72. The van der Waals surface area contributed by atoms with E-state index in [4.69, 9.17) is 15.5 Å². The molecule has 0 amide bonds. The second kappa shape index (κ2) is 6.54. The molecular formula is C14H22N4O. The van der Waals surface area contributed by atoms with Crippen molar-refractivity contribution in [2.75, 3.05) is 38.8 Å². The van der Waals surface area contributed by atoms with Gasteiger partial charge in [0, 0.05) is 39.9 Å². The average Bonchev–Trinajstić information content (AvgIpc) is 2.79. The molecule has 0 aliphatic carbocycles. The standard InChI is InChI=1S/C14H22N4O/c1-17(9-5-11-19-2)14-12(7-8-15)18-10-4-3-6-13(18)16-14/h3-4,6,10H,5,7-9,11,15H2,1-2H3. The molecule has 0 saturated carbocycles. The van der Waals surface area contributed by atoms with Crippen molar-refractivity contribution in [3.8, 4) is 0 Å². The van der Waals surface area contributed by atoms with E-state index in [-0.39, 0.29) is 0 Å². The van der Waals surface area contributed by atoms with Gasteiger partial charge in [-0.2, -0.15) is 0 Å². The van der Waals surface area contributed by atoms with Gasteiger partial charge in [0.1, 0.15) is 5.65 Å². The first-order valence-electron chi connectivity index (χ1n) is 6.64. The number of methoxy groups -OCH3 is 1. The number of nitrogens with two attached hydrogens (primary N) is 1. The molecule has 0 fully saturated rings. The van der Waals surface area contributed by atoms with E-state index in [2.05, 4.69) is 16.3 Å². The Kier molecular flexibility index (Phi) is 4.76. The predicted octanol–water partition coefficient (Wildman–Crippen LogP) is 1.31. The number of rotatable bonds is 7. The Morgan fingerprint density at radius 2 is 2.26 bits per heavy atom. The van der Waals surface area contributed by atoms with Crippen LogP contribution in [0, 0.1) is 0 Å². The zero-order valence-corrected chi connectivity index (χ0v) is 11.7. The van der Waals surface area contributed by atoms with E-state index in [1.165, 1.54) is 5.69 Å². The number of hydrogen-bond acceptors (Lipinski definition) is 4. The Balaban J connectivity index is 2.27. The zero-order valence-electron chi connectivity index (χ0n) is 11.7. The fraction of sp³-hybridized carbons (Fsp3) is 0.500. The fourth-order valence-electron chi connectivity index (χ4n) is 2.26. The van der Waals surface area contributed by atoms with Crippen LogP contribution in [-0.2, 0) is 11.2 Å². The van der Waals surface area contributed by atoms with Crippen molar-refractivity contribution in [1.29, 1.82) is 0 Å². The third kappa shape index (κ3) is 3.05. The number of aromatic nitrogens is 2. The number of ether oxygens (including phenoxy) is 1. The van der Waals surface area contributed by atoms with Gasteiger partial charge in [-0.25, -0.2) is 4.98 Å². The molecule has 5 heteroatoms. The molecule has 2 N–H and O–H groups in total. The molecule has 5 nitrogen and oxygen atoms in total. The van der Waals surface area contributed by atoms with Gasteiger partial charge in [-0.1, -0.05) is 6.07 Å². The van der Waals surface area contributed by atoms with Crippen LogP contribution in [0.1, 0.15) is 12.1 Å². The fourth-order valence-corrected chi connectivity index (χ4v) is 2.26. The number of nitrogens with zero attached hydrogens (tertiary/aromatic N) is 3. The Morgan fingerprint density at radius 1 is 1.42 bits per heavy atom. The number of anilines is 1. The Labute approximate surface area is 114 Å². The van der Waals surface area contributed by atoms with Gasteiger partial charge in [0.05, 0.1) is 5.69 Å². The molecule has 0 aliphatic heterocycles. The van der Waals surface area contributed by atoms with E-state index in [0.717, 1.165) is 37.5 Å². The van der Waals surface area contributed by atoms with Crippen molar-refractivity contribution < 1.29 is 4.74 Å². The highest BCUT2D eigenvalue weighted by Gasteiger charge is 2.14. The van der Waals surface area contributed by atoms with Crippen LogP contribution in [0.2, 0.25) is 0 Å². The Morgan fingerprint density at radius 3 is 3.00 bits per heavy atom. The van der Waals surface area contributed by atoms with Crippen LogP contribution in [0.4, 0.5) is 5.82 Å². The maximum atomic E-state index is 5.72. The summed E-state index contributed by atoms with van der Waals surface area (Å²) in [6.45, 7) is 2.32. The summed E-state index contributed by atoms with van der Waals surface area (Å²) < 4.78 is 7.21. The van der Waals surface area contributed by atoms with Gasteiger partial charge in [0.2, 0.25) is 0 Å². The first kappa shape index (κ1) is 13.8. The first-order chi connectivity index (χ1) is 9.27. The first-order valence-corrected chi connectivity index (χ1v) is 6.64. The van der Waals surface area contributed by atoms with E-state index in [1.807, 2.05) is 24.4 Å². The molecule has 2 heterocycles. The molecule has 2 rings (SSSR count). The largest absolute Gasteiger partial charge is 0.385 e. The summed E-state index contributed by atoms with van der Waals surface area (Å²) in [5, 5.41) is 0. The lowest BCUT2D eigenvalue weighted by molar-refractivity contribution is 0.196. The summed E-state index contributed by atoms with van der Waals surface area (Å²) in [6.07, 6.45) is 3.86. The molecule has 104 valence electrons. The summed E-state index contributed by atoms with van der Waals surface area (Å²) in [5.41, 5.74) is 7.87. The number of imidazole rings is 1. The monoisotopic (exact) mass is 262 g/mol. The second-order valence-corrected chi connectivity index (χ2v) is 4.62. The Hall–Kier alpha value is -1.59. The van der Waals surface area contributed by atoms with E-state index in [1.54, 1.807) is 7.11 Å². The highest BCUT2D eigenvalue weighted by molar-refractivity contribution is 5.55. The van der Waals surface area contributed by atoms with Crippen LogP contribution < -0.4 is 10.6 Å². The molecular weight excluding hydrogens is 240 g/mol. The van der Waals surface area contributed by atoms with Gasteiger partial charge in [-0.3, -0.25) is 0 Å². The molecule has 2 aromatic heterocycles. The van der Waals surface area contributed by atoms with Gasteiger partial charge >= 0.3 is 0 Å². The van der Waals surface area contributed by atoms with Gasteiger partial charge < -0.3 is 19.8 Å². The quantitative estimate of drug-likeness (QED) is 0.764. The van der Waals surface area contributed by atoms with E-state index in [9.17, 15) is 0 Å². The minimum absolute atomic E-state index is 0.627. The maximum Gasteiger partial charge on any atom is 0.150 e. The molecule has 0 atom stereocenters. The van der Waals surface area contributed by atoms with Gasteiger partial charge in [0.15, 0.2) is 5.82 Å². The summed E-state index contributed by atoms with van der Waals surface area (Å²) in [5.74, 6) is 1.02. The van der Waals surface area contributed by atoms with Gasteiger partial charge in [0.25, 0.3) is 0 Å². The molecule has 0 unspecified atom stereocenters. The van der Waals surface area contributed by atoms with Crippen LogP contribution in [-0.4, -0.2) is 43.2 Å². The molecule has 0 radical (unpaired) electrons. The SMILES string of the molecule is COCCCN(C)c1nc2ccccn2c1CCN. The minimum Gasteiger partial charge on any atom is -0.385 e. The van der Waals surface area contributed by atoms with Crippen LogP contribution in [0.15, 0.2) is 24.4 Å². The molecule has 0 aromatic carbocycles. The summed E-state index contributed by atoms with van der Waals surface area (Å²) in [6, 6.07) is 6.04. The smallest absolute Gasteiger partial charge is 0.150 e. The third-order valence-electron chi connectivity index (χ3n) is 3.19. The normalized spacial score (nSPS) is 11.1. The predicted molar refractivity (Wildman–Crippen MR) is 77.7 cm³/mol. The van der Waals surface area contributed by atoms with E-state index < -0.39 is 0 Å². The van der Waals surface area contributed by atoms with Crippen molar-refractivity contribution in [2.45, 2.75) is 12.8 Å². The summed E-state index contributed by atoms with van der Waals surface area (Å²) in [4.78, 5) is 6.88. The van der Waals surface area contributed by atoms with Crippen LogP contribution in [0.5, 0.6) is 0 Å². The lowest BCUT2D eigenvalue weighted by Gasteiger charge is -2.18. The van der Waals surface area contributed by atoms with Crippen LogP contribution in [0.3, 0.4) is 0 Å². The van der Waals surface area contributed by atoms with Crippen molar-refractivity contribution in [3.05, 3.63) is 30.1 Å². The topological polar surface area (TPSA) is 55.8 Å². The van der Waals surface area contributed by atoms with Gasteiger partial charge in [-0.05, 0) is 25.1 Å². The Bertz CT molecular complexity index is 523. The summed E-state index contributed by atoms with van der Waals surface area (Å²) >= 11 is 0. The third-order valence-corrected chi connectivity index (χ3v) is 3.19. The average molecular weight is 262 g/mol. The zero-order chi connectivity index (χ0) is 13.7. The van der Waals surface area contributed by atoms with Crippen LogP contribution >= 0.6 is 0 Å². The van der Waals surface area contributed by atoms with Crippen molar-refractivity contribution >= 4 is 11.5 Å². The number of fused-ring (bicyclic) bond motifs is 1. The molecule has 0 spiro atoms. The molecule has 0 bridgehead atoms. The summed E-state index contributed by atoms with van der Waals surface area (Å²) in [7, 11) is 3.79. The number of hydrogen-bond donors (Lipinski definition) is 1. The van der Waals surface area contributed by atoms with E-state index in [0.29, 0.717) is 6.54 Å². The minimum atomic E-state index is 0.627. The highest BCUT2D eigenvalue weighted by atomic mass is 16.5. The number of pyridine rings is 1. The lowest BCUT2D eigenvalue weighted by Crippen LogP contribution is -2.22. The van der Waals surface area contributed by atoms with Crippen LogP contribution in [0.25, 0.3) is 5.65 Å². The molecule has 2 aromatic rings. The van der Waals surface area contributed by atoms with Crippen molar-refractivity contribution in [3.63, 3.8) is 0 Å². The molecule has 0 saturated heterocycles. The second-order valence-electron chi connectivity index (χ2n) is 4.62. The highest BCUT2D eigenvalue weighted by Crippen LogP contribution is 2.21. The van der Waals surface area contributed by atoms with Crippen molar-refractivity contribution in [2.24, 2.45) is 5.73 Å². The van der Waals surface area contributed by atoms with Gasteiger partial charge in [-0.15, -0.1) is 0 Å². The lowest BCUT2D eigenvalue weighted by atomic mass is 10.3. The molecule has 19 heavy (non-hydrogen) atoms. The molecule has 0 aliphatic rings. The van der Waals surface area contributed by atoms with Crippen molar-refractivity contribution in [1.82, 2.24) is 9.38 Å². The van der Waals surface area contributed by atoms with E-state index >= 15 is 0 Å².